The number of rotatable bonds is 5. The highest BCUT2D eigenvalue weighted by Crippen LogP contribution is 2.21. The van der Waals surface area contributed by atoms with Gasteiger partial charge in [0.05, 0.1) is 10.6 Å². The zero-order valence-corrected chi connectivity index (χ0v) is 16.9. The van der Waals surface area contributed by atoms with Gasteiger partial charge < -0.3 is 10.6 Å². The molecule has 1 aromatic carbocycles. The van der Waals surface area contributed by atoms with Gasteiger partial charge in [-0.2, -0.15) is 0 Å². The second kappa shape index (κ2) is 10.1. The van der Waals surface area contributed by atoms with Gasteiger partial charge in [-0.05, 0) is 38.0 Å². The van der Waals surface area contributed by atoms with E-state index < -0.39 is 29.7 Å². The number of hydrazine groups is 1. The Morgan fingerprint density at radius 1 is 0.889 bits per heavy atom. The summed E-state index contributed by atoms with van der Waals surface area (Å²) in [5.41, 5.74) is 4.29. The molecule has 0 heterocycles. The number of amides is 4. The van der Waals surface area contributed by atoms with Crippen molar-refractivity contribution in [1.29, 1.82) is 0 Å². The van der Waals surface area contributed by atoms with Crippen molar-refractivity contribution in [2.45, 2.75) is 39.8 Å². The van der Waals surface area contributed by atoms with Crippen LogP contribution in [0, 0.1) is 5.92 Å². The summed E-state index contributed by atoms with van der Waals surface area (Å²) >= 11 is 11.8. The molecule has 1 atom stereocenters. The molecular weight excluding hydrogens is 395 g/mol. The summed E-state index contributed by atoms with van der Waals surface area (Å²) < 4.78 is 0. The van der Waals surface area contributed by atoms with Crippen LogP contribution in [-0.4, -0.2) is 35.7 Å². The molecule has 8 nitrogen and oxygen atoms in total. The summed E-state index contributed by atoms with van der Waals surface area (Å²) in [5, 5.41) is 5.45. The molecule has 0 unspecified atom stereocenters. The molecular formula is C17H22Cl2N4O4. The van der Waals surface area contributed by atoms with E-state index in [0.717, 1.165) is 0 Å². The Labute approximate surface area is 167 Å². The summed E-state index contributed by atoms with van der Waals surface area (Å²) in [6.07, 6.45) is 0. The Morgan fingerprint density at radius 3 is 2.04 bits per heavy atom. The van der Waals surface area contributed by atoms with Crippen LogP contribution < -0.4 is 21.5 Å². The first-order valence-corrected chi connectivity index (χ1v) is 8.95. The lowest BCUT2D eigenvalue weighted by atomic mass is 10.0. The van der Waals surface area contributed by atoms with Crippen molar-refractivity contribution in [3.63, 3.8) is 0 Å². The van der Waals surface area contributed by atoms with Crippen LogP contribution in [-0.2, 0) is 14.4 Å². The number of carbonyl (C=O) groups is 4. The van der Waals surface area contributed by atoms with Crippen molar-refractivity contribution in [3.8, 4) is 0 Å². The highest BCUT2D eigenvalue weighted by molar-refractivity contribution is 6.37. The molecule has 0 fully saturated rings. The van der Waals surface area contributed by atoms with Crippen molar-refractivity contribution in [2.24, 2.45) is 5.92 Å². The number of carbonyl (C=O) groups excluding carboxylic acids is 4. The van der Waals surface area contributed by atoms with Gasteiger partial charge in [-0.3, -0.25) is 30.0 Å². The molecule has 4 N–H and O–H groups in total. The van der Waals surface area contributed by atoms with E-state index in [9.17, 15) is 19.2 Å². The lowest BCUT2D eigenvalue weighted by Gasteiger charge is -2.22. The number of halogens is 2. The van der Waals surface area contributed by atoms with Crippen LogP contribution in [0.5, 0.6) is 0 Å². The fourth-order valence-corrected chi connectivity index (χ4v) is 2.50. The van der Waals surface area contributed by atoms with E-state index in [-0.39, 0.29) is 22.5 Å². The fourth-order valence-electron chi connectivity index (χ4n) is 2.01. The van der Waals surface area contributed by atoms with Gasteiger partial charge in [0, 0.05) is 11.1 Å². The van der Waals surface area contributed by atoms with Gasteiger partial charge in [0.2, 0.25) is 0 Å². The van der Waals surface area contributed by atoms with Gasteiger partial charge in [0.1, 0.15) is 6.04 Å². The van der Waals surface area contributed by atoms with Gasteiger partial charge in [0.25, 0.3) is 11.8 Å². The lowest BCUT2D eigenvalue weighted by Crippen LogP contribution is -2.56. The van der Waals surface area contributed by atoms with E-state index in [0.29, 0.717) is 5.02 Å². The molecule has 1 rings (SSSR count). The largest absolute Gasteiger partial charge is 0.346 e. The van der Waals surface area contributed by atoms with E-state index in [1.165, 1.54) is 18.2 Å². The first kappa shape index (κ1) is 22.7. The van der Waals surface area contributed by atoms with Crippen LogP contribution in [0.15, 0.2) is 18.2 Å². The smallest absolute Gasteiger partial charge is 0.327 e. The second-order valence-electron chi connectivity index (χ2n) is 6.39. The van der Waals surface area contributed by atoms with Crippen LogP contribution in [0.4, 0.5) is 0 Å². The van der Waals surface area contributed by atoms with Gasteiger partial charge in [-0.25, -0.2) is 0 Å². The average Bonchev–Trinajstić information content (AvgIpc) is 2.55. The van der Waals surface area contributed by atoms with Crippen LogP contribution in [0.3, 0.4) is 0 Å². The third-order valence-electron chi connectivity index (χ3n) is 3.34. The molecule has 0 radical (unpaired) electrons. The highest BCUT2D eigenvalue weighted by Gasteiger charge is 2.26. The number of hydrogen-bond acceptors (Lipinski definition) is 4. The average molecular weight is 417 g/mol. The SMILES string of the molecule is CC(C)NC(=O)C(=O)NNC(=O)[C@@H](NC(=O)c1ccc(Cl)cc1Cl)C(C)C. The lowest BCUT2D eigenvalue weighted by molar-refractivity contribution is -0.141. The van der Waals surface area contributed by atoms with E-state index in [4.69, 9.17) is 23.2 Å². The number of benzene rings is 1. The molecule has 148 valence electrons. The van der Waals surface area contributed by atoms with Crippen molar-refractivity contribution in [2.75, 3.05) is 0 Å². The van der Waals surface area contributed by atoms with E-state index in [1.54, 1.807) is 27.7 Å². The van der Waals surface area contributed by atoms with Crippen molar-refractivity contribution in [3.05, 3.63) is 33.8 Å². The molecule has 1 aromatic rings. The van der Waals surface area contributed by atoms with Crippen molar-refractivity contribution >= 4 is 46.8 Å². The molecule has 0 bridgehead atoms. The van der Waals surface area contributed by atoms with Gasteiger partial charge in [-0.15, -0.1) is 0 Å². The van der Waals surface area contributed by atoms with Gasteiger partial charge >= 0.3 is 11.8 Å². The molecule has 0 aromatic heterocycles. The van der Waals surface area contributed by atoms with E-state index >= 15 is 0 Å². The van der Waals surface area contributed by atoms with E-state index in [2.05, 4.69) is 16.1 Å². The molecule has 4 amide bonds. The summed E-state index contributed by atoms with van der Waals surface area (Å²) in [6.45, 7) is 6.80. The van der Waals surface area contributed by atoms with E-state index in [1.807, 2.05) is 5.43 Å². The van der Waals surface area contributed by atoms with Crippen molar-refractivity contribution < 1.29 is 19.2 Å². The normalized spacial score (nSPS) is 11.7. The molecule has 0 saturated carbocycles. The standard InChI is InChI=1S/C17H22Cl2N4O4/c1-8(2)13(15(25)22-23-17(27)16(26)20-9(3)4)21-14(24)11-6-5-10(18)7-12(11)19/h5-9,13H,1-4H3,(H,20,26)(H,21,24)(H,22,25)(H,23,27)/t13-/m0/s1. The van der Waals surface area contributed by atoms with Crippen LogP contribution in [0.1, 0.15) is 38.1 Å². The van der Waals surface area contributed by atoms with Gasteiger partial charge in [0.15, 0.2) is 0 Å². The topological polar surface area (TPSA) is 116 Å². The summed E-state index contributed by atoms with van der Waals surface area (Å²) in [4.78, 5) is 47.9. The molecule has 0 saturated heterocycles. The molecule has 0 aliphatic heterocycles. The molecule has 0 aliphatic rings. The number of hydrogen-bond donors (Lipinski definition) is 4. The third kappa shape index (κ3) is 7.07. The minimum Gasteiger partial charge on any atom is -0.346 e. The third-order valence-corrected chi connectivity index (χ3v) is 3.88. The van der Waals surface area contributed by atoms with Gasteiger partial charge in [-0.1, -0.05) is 37.0 Å². The maximum atomic E-state index is 12.4. The Bertz CT molecular complexity index is 738. The summed E-state index contributed by atoms with van der Waals surface area (Å²) in [7, 11) is 0. The van der Waals surface area contributed by atoms with Crippen LogP contribution in [0.2, 0.25) is 10.0 Å². The van der Waals surface area contributed by atoms with Crippen LogP contribution in [0.25, 0.3) is 0 Å². The highest BCUT2D eigenvalue weighted by atomic mass is 35.5. The Balaban J connectivity index is 2.74. The fraction of sp³-hybridized carbons (Fsp3) is 0.412. The second-order valence-corrected chi connectivity index (χ2v) is 7.23. The first-order valence-electron chi connectivity index (χ1n) is 8.19. The number of nitrogens with one attached hydrogen (secondary N) is 4. The maximum Gasteiger partial charge on any atom is 0.327 e. The quantitative estimate of drug-likeness (QED) is 0.428. The van der Waals surface area contributed by atoms with Crippen LogP contribution >= 0.6 is 23.2 Å². The Hall–Kier alpha value is -2.32. The molecule has 27 heavy (non-hydrogen) atoms. The first-order chi connectivity index (χ1) is 12.5. The Kier molecular flexibility index (Phi) is 8.52. The molecule has 0 aliphatic carbocycles. The summed E-state index contributed by atoms with van der Waals surface area (Å²) in [5.74, 6) is -3.47. The Morgan fingerprint density at radius 2 is 1.52 bits per heavy atom. The monoisotopic (exact) mass is 416 g/mol. The zero-order chi connectivity index (χ0) is 20.7. The molecule has 0 spiro atoms. The van der Waals surface area contributed by atoms with Crippen molar-refractivity contribution in [1.82, 2.24) is 21.5 Å². The zero-order valence-electron chi connectivity index (χ0n) is 15.4. The maximum absolute atomic E-state index is 12.4. The predicted octanol–water partition coefficient (Wildman–Crippen LogP) is 1.42. The minimum absolute atomic E-state index is 0.140. The minimum atomic E-state index is -1.02. The molecule has 10 heteroatoms. The predicted molar refractivity (Wildman–Crippen MR) is 102 cm³/mol. The summed E-state index contributed by atoms with van der Waals surface area (Å²) in [6, 6.07) is 3.15.